The number of anilines is 2. The SMILES string of the molecule is CCCCc1ccc(NC(=O)c2c(NC)nc(-c3ccc(SC)cc3)nc2SC)cc1. The summed E-state index contributed by atoms with van der Waals surface area (Å²) in [5, 5.41) is 6.70. The maximum Gasteiger partial charge on any atom is 0.262 e. The van der Waals surface area contributed by atoms with Gasteiger partial charge in [-0.25, -0.2) is 9.97 Å². The van der Waals surface area contributed by atoms with Crippen molar-refractivity contribution in [2.75, 3.05) is 30.2 Å². The Kier molecular flexibility index (Phi) is 8.37. The minimum Gasteiger partial charge on any atom is -0.372 e. The third-order valence-electron chi connectivity index (χ3n) is 4.91. The Bertz CT molecular complexity index is 996. The van der Waals surface area contributed by atoms with Crippen LogP contribution in [0.1, 0.15) is 35.7 Å². The van der Waals surface area contributed by atoms with Crippen LogP contribution in [-0.2, 0) is 6.42 Å². The van der Waals surface area contributed by atoms with E-state index < -0.39 is 0 Å². The molecule has 3 aromatic rings. The molecule has 0 aliphatic rings. The lowest BCUT2D eigenvalue weighted by atomic mass is 10.1. The molecule has 0 atom stereocenters. The molecule has 0 fully saturated rings. The number of benzene rings is 2. The van der Waals surface area contributed by atoms with Gasteiger partial charge in [0.25, 0.3) is 5.91 Å². The highest BCUT2D eigenvalue weighted by Gasteiger charge is 2.21. The number of nitrogens with one attached hydrogen (secondary N) is 2. The first-order valence-corrected chi connectivity index (χ1v) is 12.7. The highest BCUT2D eigenvalue weighted by Crippen LogP contribution is 2.29. The highest BCUT2D eigenvalue weighted by molar-refractivity contribution is 7.98. The van der Waals surface area contributed by atoms with Gasteiger partial charge in [-0.1, -0.05) is 37.6 Å². The second-order valence-corrected chi connectivity index (χ2v) is 8.69. The van der Waals surface area contributed by atoms with E-state index in [1.54, 1.807) is 18.8 Å². The summed E-state index contributed by atoms with van der Waals surface area (Å²) in [5.41, 5.74) is 3.41. The van der Waals surface area contributed by atoms with E-state index >= 15 is 0 Å². The number of aromatic nitrogens is 2. The smallest absolute Gasteiger partial charge is 0.262 e. The van der Waals surface area contributed by atoms with Crippen molar-refractivity contribution in [3.8, 4) is 11.4 Å². The zero-order chi connectivity index (χ0) is 22.2. The predicted octanol–water partition coefficient (Wildman–Crippen LogP) is 6.22. The van der Waals surface area contributed by atoms with E-state index in [0.717, 1.165) is 24.1 Å². The molecule has 0 radical (unpaired) electrons. The lowest BCUT2D eigenvalue weighted by molar-refractivity contribution is 0.102. The number of nitrogens with zero attached hydrogens (tertiary/aromatic N) is 2. The van der Waals surface area contributed by atoms with Crippen LogP contribution in [0.2, 0.25) is 0 Å². The van der Waals surface area contributed by atoms with Crippen molar-refractivity contribution in [2.24, 2.45) is 0 Å². The molecule has 31 heavy (non-hydrogen) atoms. The summed E-state index contributed by atoms with van der Waals surface area (Å²) in [5.74, 6) is 0.887. The Morgan fingerprint density at radius 3 is 2.26 bits per heavy atom. The Balaban J connectivity index is 1.87. The van der Waals surface area contributed by atoms with E-state index in [1.807, 2.05) is 48.9 Å². The molecule has 1 heterocycles. The molecule has 0 unspecified atom stereocenters. The van der Waals surface area contributed by atoms with Crippen LogP contribution in [0.5, 0.6) is 0 Å². The van der Waals surface area contributed by atoms with Crippen LogP contribution in [-0.4, -0.2) is 35.4 Å². The molecule has 2 N–H and O–H groups in total. The molecule has 2 aromatic carbocycles. The van der Waals surface area contributed by atoms with Crippen molar-refractivity contribution in [1.82, 2.24) is 9.97 Å². The fourth-order valence-electron chi connectivity index (χ4n) is 3.17. The largest absolute Gasteiger partial charge is 0.372 e. The van der Waals surface area contributed by atoms with Gasteiger partial charge in [-0.05, 0) is 55.2 Å². The van der Waals surface area contributed by atoms with Crippen molar-refractivity contribution < 1.29 is 4.79 Å². The van der Waals surface area contributed by atoms with Crippen molar-refractivity contribution in [3.05, 3.63) is 59.7 Å². The second-order valence-electron chi connectivity index (χ2n) is 7.01. The van der Waals surface area contributed by atoms with E-state index in [2.05, 4.69) is 39.7 Å². The van der Waals surface area contributed by atoms with E-state index in [4.69, 9.17) is 0 Å². The molecule has 1 aromatic heterocycles. The number of aryl methyl sites for hydroxylation is 1. The number of unbranched alkanes of at least 4 members (excludes halogenated alkanes) is 1. The number of hydrogen-bond acceptors (Lipinski definition) is 6. The molecule has 0 bridgehead atoms. The van der Waals surface area contributed by atoms with Crippen LogP contribution in [0.25, 0.3) is 11.4 Å². The molecule has 162 valence electrons. The average molecular weight is 453 g/mol. The van der Waals surface area contributed by atoms with E-state index in [-0.39, 0.29) is 5.91 Å². The van der Waals surface area contributed by atoms with Crippen LogP contribution in [0.3, 0.4) is 0 Å². The third-order valence-corrected chi connectivity index (χ3v) is 6.34. The average Bonchev–Trinajstić information content (AvgIpc) is 2.82. The lowest BCUT2D eigenvalue weighted by Crippen LogP contribution is -2.17. The minimum atomic E-state index is -0.223. The number of rotatable bonds is 9. The molecular formula is C24H28N4OS2. The number of hydrogen-bond donors (Lipinski definition) is 2. The van der Waals surface area contributed by atoms with Crippen LogP contribution in [0.4, 0.5) is 11.5 Å². The molecule has 1 amide bonds. The van der Waals surface area contributed by atoms with Crippen LogP contribution in [0.15, 0.2) is 58.5 Å². The topological polar surface area (TPSA) is 66.9 Å². The van der Waals surface area contributed by atoms with E-state index in [1.165, 1.54) is 28.6 Å². The normalized spacial score (nSPS) is 10.7. The van der Waals surface area contributed by atoms with Crippen LogP contribution < -0.4 is 10.6 Å². The molecule has 0 aliphatic carbocycles. The Hall–Kier alpha value is -2.51. The first-order valence-electron chi connectivity index (χ1n) is 10.3. The Morgan fingerprint density at radius 1 is 0.968 bits per heavy atom. The number of thioether (sulfide) groups is 2. The quantitative estimate of drug-likeness (QED) is 0.297. The van der Waals surface area contributed by atoms with Crippen molar-refractivity contribution in [3.63, 3.8) is 0 Å². The summed E-state index contributed by atoms with van der Waals surface area (Å²) in [4.78, 5) is 23.6. The van der Waals surface area contributed by atoms with Gasteiger partial charge in [0.05, 0.1) is 0 Å². The number of amides is 1. The lowest BCUT2D eigenvalue weighted by Gasteiger charge is -2.14. The monoisotopic (exact) mass is 452 g/mol. The predicted molar refractivity (Wildman–Crippen MR) is 134 cm³/mol. The Labute approximate surface area is 192 Å². The summed E-state index contributed by atoms with van der Waals surface area (Å²) in [6.45, 7) is 2.18. The van der Waals surface area contributed by atoms with Crippen molar-refractivity contribution in [1.29, 1.82) is 0 Å². The fourth-order valence-corrected chi connectivity index (χ4v) is 4.15. The highest BCUT2D eigenvalue weighted by atomic mass is 32.2. The first-order chi connectivity index (χ1) is 15.1. The van der Waals surface area contributed by atoms with Gasteiger partial charge in [-0.3, -0.25) is 4.79 Å². The maximum atomic E-state index is 13.1. The standard InChI is InChI=1S/C24H28N4OS2/c1-5-6-7-16-8-12-18(13-9-16)26-23(29)20-22(25-2)27-21(28-24(20)31-4)17-10-14-19(30-3)15-11-17/h8-15H,5-7H2,1-4H3,(H,26,29)(H,25,27,28). The van der Waals surface area contributed by atoms with Gasteiger partial charge in [0.15, 0.2) is 5.82 Å². The molecule has 0 aliphatic heterocycles. The van der Waals surface area contributed by atoms with Gasteiger partial charge in [-0.15, -0.1) is 23.5 Å². The van der Waals surface area contributed by atoms with Crippen molar-refractivity contribution >= 4 is 40.9 Å². The number of carbonyl (C=O) groups is 1. The summed E-state index contributed by atoms with van der Waals surface area (Å²) in [6.07, 6.45) is 7.35. The molecular weight excluding hydrogens is 424 g/mol. The van der Waals surface area contributed by atoms with Crippen LogP contribution >= 0.6 is 23.5 Å². The summed E-state index contributed by atoms with van der Waals surface area (Å²) in [6, 6.07) is 16.1. The molecule has 3 rings (SSSR count). The van der Waals surface area contributed by atoms with Gasteiger partial charge in [0.1, 0.15) is 16.4 Å². The molecule has 0 saturated carbocycles. The molecule has 0 saturated heterocycles. The summed E-state index contributed by atoms with van der Waals surface area (Å²) >= 11 is 3.13. The van der Waals surface area contributed by atoms with Gasteiger partial charge in [0, 0.05) is 23.2 Å². The third kappa shape index (κ3) is 5.80. The van der Waals surface area contributed by atoms with E-state index in [9.17, 15) is 4.79 Å². The maximum absolute atomic E-state index is 13.1. The number of carbonyl (C=O) groups excluding carboxylic acids is 1. The minimum absolute atomic E-state index is 0.223. The first kappa shape index (κ1) is 23.2. The van der Waals surface area contributed by atoms with Gasteiger partial charge in [-0.2, -0.15) is 0 Å². The van der Waals surface area contributed by atoms with Gasteiger partial charge in [0.2, 0.25) is 0 Å². The molecule has 7 heteroatoms. The summed E-state index contributed by atoms with van der Waals surface area (Å²) < 4.78 is 0. The van der Waals surface area contributed by atoms with E-state index in [0.29, 0.717) is 22.2 Å². The summed E-state index contributed by atoms with van der Waals surface area (Å²) in [7, 11) is 1.77. The van der Waals surface area contributed by atoms with Crippen molar-refractivity contribution in [2.45, 2.75) is 36.1 Å². The van der Waals surface area contributed by atoms with Gasteiger partial charge < -0.3 is 10.6 Å². The molecule has 5 nitrogen and oxygen atoms in total. The van der Waals surface area contributed by atoms with Crippen LogP contribution in [0, 0.1) is 0 Å². The molecule has 0 spiro atoms. The second kappa shape index (κ2) is 11.2. The fraction of sp³-hybridized carbons (Fsp3) is 0.292. The zero-order valence-corrected chi connectivity index (χ0v) is 20.0. The zero-order valence-electron chi connectivity index (χ0n) is 18.4. The van der Waals surface area contributed by atoms with Gasteiger partial charge >= 0.3 is 0 Å². The Morgan fingerprint density at radius 2 is 1.68 bits per heavy atom.